The predicted molar refractivity (Wildman–Crippen MR) is 92.0 cm³/mol. The molecule has 0 saturated carbocycles. The Bertz CT molecular complexity index is 462. The maximum Gasteiger partial charge on any atom is 0.0808 e. The van der Waals surface area contributed by atoms with Crippen molar-refractivity contribution in [1.29, 1.82) is 0 Å². The standard InChI is InChI=1S/C11H15Cl5Si2/c1-17(2,3)18(4,5)11-9(15)7(13)6(12)8(14)10(11)16/h1-5H3. The fourth-order valence-corrected chi connectivity index (χ4v) is 9.82. The summed E-state index contributed by atoms with van der Waals surface area (Å²) in [6, 6.07) is 0. The molecule has 7 heteroatoms. The van der Waals surface area contributed by atoms with Crippen LogP contribution in [0.1, 0.15) is 0 Å². The van der Waals surface area contributed by atoms with Crippen LogP contribution in [0.3, 0.4) is 0 Å². The minimum atomic E-state index is -1.81. The smallest absolute Gasteiger partial charge is 0.0808 e. The Morgan fingerprint density at radius 1 is 0.556 bits per heavy atom. The van der Waals surface area contributed by atoms with Gasteiger partial charge in [-0.05, 0) is 5.19 Å². The van der Waals surface area contributed by atoms with Crippen LogP contribution >= 0.6 is 58.0 Å². The second-order valence-electron chi connectivity index (χ2n) is 5.82. The van der Waals surface area contributed by atoms with Crippen LogP contribution in [-0.2, 0) is 0 Å². The molecule has 0 fully saturated rings. The van der Waals surface area contributed by atoms with Crippen molar-refractivity contribution in [3.63, 3.8) is 0 Å². The van der Waals surface area contributed by atoms with Crippen LogP contribution in [0.2, 0.25) is 57.8 Å². The van der Waals surface area contributed by atoms with Crippen molar-refractivity contribution in [2.24, 2.45) is 0 Å². The molecule has 1 aromatic rings. The van der Waals surface area contributed by atoms with Crippen LogP contribution in [-0.4, -0.2) is 15.2 Å². The molecule has 0 nitrogen and oxygen atoms in total. The first-order valence-electron chi connectivity index (χ1n) is 5.44. The molecule has 0 spiro atoms. The molecule has 102 valence electrons. The molecular formula is C11H15Cl5Si2. The molecule has 18 heavy (non-hydrogen) atoms. The summed E-state index contributed by atoms with van der Waals surface area (Å²) in [4.78, 5) is 0. The normalized spacial score (nSPS) is 13.0. The van der Waals surface area contributed by atoms with Gasteiger partial charge in [0.1, 0.15) is 0 Å². The number of halogens is 5. The zero-order valence-corrected chi connectivity index (χ0v) is 16.7. The summed E-state index contributed by atoms with van der Waals surface area (Å²) in [6.45, 7) is 11.4. The van der Waals surface area contributed by atoms with Gasteiger partial charge in [0.05, 0.1) is 32.7 Å². The third kappa shape index (κ3) is 2.76. The average molecular weight is 381 g/mol. The van der Waals surface area contributed by atoms with Gasteiger partial charge in [0.15, 0.2) is 0 Å². The van der Waals surface area contributed by atoms with Crippen molar-refractivity contribution >= 4 is 78.4 Å². The van der Waals surface area contributed by atoms with E-state index in [4.69, 9.17) is 58.0 Å². The van der Waals surface area contributed by atoms with Gasteiger partial charge in [0.25, 0.3) is 0 Å². The Morgan fingerprint density at radius 2 is 0.833 bits per heavy atom. The highest BCUT2D eigenvalue weighted by Gasteiger charge is 2.42. The van der Waals surface area contributed by atoms with E-state index < -0.39 is 15.2 Å². The Labute approximate surface area is 135 Å². The van der Waals surface area contributed by atoms with Crippen molar-refractivity contribution in [2.75, 3.05) is 0 Å². The lowest BCUT2D eigenvalue weighted by atomic mass is 10.3. The van der Waals surface area contributed by atoms with Gasteiger partial charge < -0.3 is 0 Å². The lowest BCUT2D eigenvalue weighted by Crippen LogP contribution is -2.61. The van der Waals surface area contributed by atoms with Gasteiger partial charge in [-0.15, -0.1) is 0 Å². The van der Waals surface area contributed by atoms with E-state index in [-0.39, 0.29) is 5.02 Å². The van der Waals surface area contributed by atoms with Crippen molar-refractivity contribution in [3.05, 3.63) is 25.1 Å². The predicted octanol–water partition coefficient (Wildman–Crippen LogP) is 6.29. The van der Waals surface area contributed by atoms with Crippen LogP contribution in [0.15, 0.2) is 0 Å². The maximum absolute atomic E-state index is 6.36. The summed E-state index contributed by atoms with van der Waals surface area (Å²) in [5, 5.41) is 2.72. The van der Waals surface area contributed by atoms with Crippen LogP contribution < -0.4 is 5.19 Å². The number of rotatable bonds is 2. The summed E-state index contributed by atoms with van der Waals surface area (Å²) in [6.07, 6.45) is 0. The SMILES string of the molecule is C[Si](C)(C)[Si](C)(C)c1c(Cl)c(Cl)c(Cl)c(Cl)c1Cl. The Hall–Kier alpha value is 1.10. The molecule has 0 aliphatic heterocycles. The van der Waals surface area contributed by atoms with E-state index in [0.29, 0.717) is 20.1 Å². The molecule has 0 heterocycles. The molecule has 0 atom stereocenters. The first kappa shape index (κ1) is 17.2. The average Bonchev–Trinajstić information content (AvgIpc) is 2.22. The molecule has 1 rings (SSSR count). The summed E-state index contributed by atoms with van der Waals surface area (Å²) < 4.78 is 0. The molecule has 1 aromatic carbocycles. The molecule has 0 aliphatic carbocycles. The van der Waals surface area contributed by atoms with Crippen LogP contribution in [0.25, 0.3) is 0 Å². The summed E-state index contributed by atoms with van der Waals surface area (Å²) in [7, 11) is -3.25. The van der Waals surface area contributed by atoms with Gasteiger partial charge >= 0.3 is 0 Å². The molecule has 0 saturated heterocycles. The zero-order chi connectivity index (χ0) is 14.5. The highest BCUT2D eigenvalue weighted by atomic mass is 35.5. The van der Waals surface area contributed by atoms with Crippen LogP contribution in [0.5, 0.6) is 0 Å². The number of benzene rings is 1. The van der Waals surface area contributed by atoms with Crippen molar-refractivity contribution in [1.82, 2.24) is 0 Å². The lowest BCUT2D eigenvalue weighted by molar-refractivity contribution is 1.68. The lowest BCUT2D eigenvalue weighted by Gasteiger charge is -2.37. The monoisotopic (exact) mass is 378 g/mol. The van der Waals surface area contributed by atoms with Crippen LogP contribution in [0, 0.1) is 0 Å². The van der Waals surface area contributed by atoms with Crippen molar-refractivity contribution in [2.45, 2.75) is 32.7 Å². The van der Waals surface area contributed by atoms with E-state index in [1.165, 1.54) is 0 Å². The van der Waals surface area contributed by atoms with Gasteiger partial charge in [0, 0.05) is 7.59 Å². The second-order valence-corrected chi connectivity index (χ2v) is 24.2. The van der Waals surface area contributed by atoms with Gasteiger partial charge in [-0.3, -0.25) is 0 Å². The fraction of sp³-hybridized carbons (Fsp3) is 0.455. The summed E-state index contributed by atoms with van der Waals surface area (Å²) >= 11 is 31.0. The molecule has 0 aliphatic rings. The third-order valence-corrected chi connectivity index (χ3v) is 23.8. The molecule has 0 amide bonds. The largest absolute Gasteiger partial charge is 0.0827 e. The molecular weight excluding hydrogens is 366 g/mol. The quantitative estimate of drug-likeness (QED) is 0.321. The maximum atomic E-state index is 6.36. The first-order chi connectivity index (χ1) is 7.93. The fourth-order valence-electron chi connectivity index (χ4n) is 1.53. The number of hydrogen-bond donors (Lipinski definition) is 0. The highest BCUT2D eigenvalue weighted by molar-refractivity contribution is 7.45. The molecule has 0 N–H and O–H groups in total. The van der Waals surface area contributed by atoms with Gasteiger partial charge in [-0.1, -0.05) is 90.7 Å². The van der Waals surface area contributed by atoms with E-state index in [1.807, 2.05) is 0 Å². The molecule has 0 unspecified atom stereocenters. The summed E-state index contributed by atoms with van der Waals surface area (Å²) in [5.74, 6) is 0. The van der Waals surface area contributed by atoms with E-state index in [9.17, 15) is 0 Å². The van der Waals surface area contributed by atoms with Crippen LogP contribution in [0.4, 0.5) is 0 Å². The second kappa shape index (κ2) is 5.47. The minimum absolute atomic E-state index is 0.234. The first-order valence-corrected chi connectivity index (χ1v) is 14.8. The van der Waals surface area contributed by atoms with Gasteiger partial charge in [-0.25, -0.2) is 0 Å². The third-order valence-electron chi connectivity index (χ3n) is 3.71. The van der Waals surface area contributed by atoms with Crippen molar-refractivity contribution in [3.8, 4) is 0 Å². The van der Waals surface area contributed by atoms with Crippen molar-refractivity contribution < 1.29 is 0 Å². The Balaban J connectivity index is 3.72. The summed E-state index contributed by atoms with van der Waals surface area (Å²) in [5.41, 5.74) is 0. The van der Waals surface area contributed by atoms with E-state index in [2.05, 4.69) is 32.7 Å². The topological polar surface area (TPSA) is 0 Å². The zero-order valence-electron chi connectivity index (χ0n) is 10.9. The van der Waals surface area contributed by atoms with Gasteiger partial charge in [0.2, 0.25) is 0 Å². The molecule has 0 radical (unpaired) electrons. The van der Waals surface area contributed by atoms with E-state index in [0.717, 1.165) is 5.19 Å². The minimum Gasteiger partial charge on any atom is -0.0827 e. The Morgan fingerprint density at radius 3 is 1.11 bits per heavy atom. The van der Waals surface area contributed by atoms with E-state index in [1.54, 1.807) is 0 Å². The molecule has 0 bridgehead atoms. The Kier molecular flexibility index (Phi) is 5.22. The van der Waals surface area contributed by atoms with Gasteiger partial charge in [-0.2, -0.15) is 0 Å². The highest BCUT2D eigenvalue weighted by Crippen LogP contribution is 2.41. The molecule has 0 aromatic heterocycles. The van der Waals surface area contributed by atoms with E-state index >= 15 is 0 Å². The number of hydrogen-bond acceptors (Lipinski definition) is 0.